The number of aromatic nitrogens is 1. The first-order valence-corrected chi connectivity index (χ1v) is 7.60. The van der Waals surface area contributed by atoms with Crippen LogP contribution in [0.5, 0.6) is 0 Å². The molecule has 0 spiro atoms. The Hall–Kier alpha value is -1.81. The fourth-order valence-electron chi connectivity index (χ4n) is 2.52. The van der Waals surface area contributed by atoms with Crippen LogP contribution in [0.15, 0.2) is 53.7 Å². The highest BCUT2D eigenvalue weighted by molar-refractivity contribution is 8.00. The van der Waals surface area contributed by atoms with Crippen molar-refractivity contribution >= 4 is 17.5 Å². The highest BCUT2D eigenvalue weighted by Gasteiger charge is 2.28. The summed E-state index contributed by atoms with van der Waals surface area (Å²) in [6.45, 7) is 0. The number of pyridine rings is 1. The Morgan fingerprint density at radius 1 is 1.15 bits per heavy atom. The molecule has 0 aliphatic heterocycles. The fourth-order valence-corrected chi connectivity index (χ4v) is 3.66. The van der Waals surface area contributed by atoms with Gasteiger partial charge in [0.15, 0.2) is 12.0 Å². The van der Waals surface area contributed by atoms with Crippen LogP contribution >= 0.6 is 11.8 Å². The van der Waals surface area contributed by atoms with Crippen LogP contribution in [0.2, 0.25) is 0 Å². The van der Waals surface area contributed by atoms with E-state index in [1.165, 1.54) is 18.0 Å². The highest BCUT2D eigenvalue weighted by atomic mass is 32.2. The minimum absolute atomic E-state index is 0.145. The molecule has 1 aromatic heterocycles. The number of carbonyl (C=O) groups excluding carboxylic acids is 1. The van der Waals surface area contributed by atoms with Crippen molar-refractivity contribution in [1.29, 1.82) is 0 Å². The van der Waals surface area contributed by atoms with Crippen molar-refractivity contribution in [1.82, 2.24) is 0 Å². The summed E-state index contributed by atoms with van der Waals surface area (Å²) in [7, 11) is 0. The maximum absolute atomic E-state index is 12.6. The maximum atomic E-state index is 12.6. The van der Waals surface area contributed by atoms with Gasteiger partial charge in [-0.25, -0.2) is 0 Å². The molecule has 4 heteroatoms. The van der Waals surface area contributed by atoms with Crippen molar-refractivity contribution < 1.29 is 9.52 Å². The molecule has 0 bridgehead atoms. The predicted molar refractivity (Wildman–Crippen MR) is 78.8 cm³/mol. The molecular weight excluding hydrogens is 270 g/mol. The highest BCUT2D eigenvalue weighted by Crippen LogP contribution is 2.31. The monoisotopic (exact) mass is 285 g/mol. The Bertz CT molecular complexity index is 642. The van der Waals surface area contributed by atoms with Crippen LogP contribution in [-0.4, -0.2) is 11.0 Å². The van der Waals surface area contributed by atoms with Gasteiger partial charge < -0.3 is 5.21 Å². The summed E-state index contributed by atoms with van der Waals surface area (Å²) < 4.78 is 0.828. The van der Waals surface area contributed by atoms with E-state index in [9.17, 15) is 10.0 Å². The molecule has 1 unspecified atom stereocenters. The van der Waals surface area contributed by atoms with Crippen molar-refractivity contribution in [3.8, 4) is 0 Å². The summed E-state index contributed by atoms with van der Waals surface area (Å²) in [5.41, 5.74) is 1.94. The Labute approximate surface area is 122 Å². The van der Waals surface area contributed by atoms with Gasteiger partial charge >= 0.3 is 0 Å². The van der Waals surface area contributed by atoms with Gasteiger partial charge in [0.1, 0.15) is 0 Å². The zero-order valence-electron chi connectivity index (χ0n) is 11.0. The zero-order chi connectivity index (χ0) is 13.9. The lowest BCUT2D eigenvalue weighted by molar-refractivity contribution is -0.645. The van der Waals surface area contributed by atoms with E-state index in [4.69, 9.17) is 0 Å². The first kappa shape index (κ1) is 13.2. The lowest BCUT2D eigenvalue weighted by Gasteiger charge is -2.12. The van der Waals surface area contributed by atoms with Crippen molar-refractivity contribution in [3.05, 3.63) is 65.0 Å². The van der Waals surface area contributed by atoms with E-state index in [0.717, 1.165) is 35.1 Å². The molecule has 102 valence electrons. The van der Waals surface area contributed by atoms with E-state index in [2.05, 4.69) is 0 Å². The first-order valence-electron chi connectivity index (χ1n) is 6.72. The molecule has 1 aliphatic rings. The summed E-state index contributed by atoms with van der Waals surface area (Å²) in [5, 5.41) is 12.1. The average Bonchev–Trinajstić information content (AvgIpc) is 2.62. The Morgan fingerprint density at radius 2 is 1.95 bits per heavy atom. The topological polar surface area (TPSA) is 44.0 Å². The van der Waals surface area contributed by atoms with E-state index in [-0.39, 0.29) is 11.0 Å². The quantitative estimate of drug-likeness (QED) is 0.484. The molecular formula is C16H15NO2S. The van der Waals surface area contributed by atoms with Crippen LogP contribution in [0.1, 0.15) is 28.8 Å². The number of hydrogen-bond donors (Lipinski definition) is 0. The van der Waals surface area contributed by atoms with Crippen molar-refractivity contribution in [3.63, 3.8) is 0 Å². The van der Waals surface area contributed by atoms with E-state index < -0.39 is 0 Å². The molecule has 1 aromatic carbocycles. The number of hydrogen-bond acceptors (Lipinski definition) is 3. The third-order valence-electron chi connectivity index (χ3n) is 3.54. The van der Waals surface area contributed by atoms with Crippen LogP contribution in [0.25, 0.3) is 0 Å². The summed E-state index contributed by atoms with van der Waals surface area (Å²) in [6, 6.07) is 13.1. The summed E-state index contributed by atoms with van der Waals surface area (Å²) in [5.74, 6) is 0.145. The molecule has 0 saturated heterocycles. The number of fused-ring (bicyclic) bond motifs is 1. The third kappa shape index (κ3) is 2.56. The summed E-state index contributed by atoms with van der Waals surface area (Å²) >= 11 is 1.38. The third-order valence-corrected chi connectivity index (χ3v) is 4.83. The lowest BCUT2D eigenvalue weighted by Crippen LogP contribution is -2.29. The number of Topliss-reactive ketones (excluding diaryl/α,β-unsaturated/α-hetero) is 1. The van der Waals surface area contributed by atoms with E-state index in [1.807, 2.05) is 30.3 Å². The molecule has 0 radical (unpaired) electrons. The number of carbonyl (C=O) groups is 1. The molecule has 0 amide bonds. The summed E-state index contributed by atoms with van der Waals surface area (Å²) in [6.07, 6.45) is 4.20. The van der Waals surface area contributed by atoms with Gasteiger partial charge in [0, 0.05) is 17.7 Å². The van der Waals surface area contributed by atoms with E-state index >= 15 is 0 Å². The van der Waals surface area contributed by atoms with Gasteiger partial charge in [-0.3, -0.25) is 4.79 Å². The van der Waals surface area contributed by atoms with Crippen LogP contribution in [0.4, 0.5) is 0 Å². The molecule has 1 heterocycles. The molecule has 1 atom stereocenters. The van der Waals surface area contributed by atoms with Crippen LogP contribution in [0.3, 0.4) is 0 Å². The van der Waals surface area contributed by atoms with Crippen LogP contribution in [0, 0.1) is 5.21 Å². The Kier molecular flexibility index (Phi) is 3.74. The van der Waals surface area contributed by atoms with Gasteiger partial charge in [-0.2, -0.15) is 4.73 Å². The number of rotatable bonds is 2. The zero-order valence-corrected chi connectivity index (χ0v) is 11.8. The van der Waals surface area contributed by atoms with Gasteiger partial charge in [0.2, 0.25) is 0 Å². The number of ketones is 1. The maximum Gasteiger partial charge on any atom is 0.252 e. The number of nitrogens with zero attached hydrogens (tertiary/aromatic N) is 1. The fraction of sp³-hybridized carbons (Fsp3) is 0.250. The van der Waals surface area contributed by atoms with Gasteiger partial charge in [0.25, 0.3) is 5.03 Å². The largest absolute Gasteiger partial charge is 0.618 e. The SMILES string of the molecule is O=C1c2ccccc2CCCC1Sc1cccc[n+]1[O-]. The molecule has 3 nitrogen and oxygen atoms in total. The van der Waals surface area contributed by atoms with E-state index in [1.54, 1.807) is 12.1 Å². The average molecular weight is 285 g/mol. The predicted octanol–water partition coefficient (Wildman–Crippen LogP) is 3.00. The van der Waals surface area contributed by atoms with Gasteiger partial charge in [0.05, 0.1) is 5.25 Å². The second-order valence-electron chi connectivity index (χ2n) is 4.88. The first-order chi connectivity index (χ1) is 9.75. The molecule has 20 heavy (non-hydrogen) atoms. The van der Waals surface area contributed by atoms with Crippen molar-refractivity contribution in [2.45, 2.75) is 29.5 Å². The van der Waals surface area contributed by atoms with Gasteiger partial charge in [-0.15, -0.1) is 0 Å². The smallest absolute Gasteiger partial charge is 0.252 e. The molecule has 3 rings (SSSR count). The number of thioether (sulfide) groups is 1. The van der Waals surface area contributed by atoms with E-state index in [0.29, 0.717) is 5.03 Å². The minimum Gasteiger partial charge on any atom is -0.618 e. The summed E-state index contributed by atoms with van der Waals surface area (Å²) in [4.78, 5) is 12.6. The molecule has 1 aliphatic carbocycles. The molecule has 0 N–H and O–H groups in total. The standard InChI is InChI=1S/C16H15NO2S/c18-16-13-8-2-1-6-12(13)7-5-9-14(16)20-15-10-3-4-11-17(15)19/h1-4,6,8,10-11,14H,5,7,9H2. The number of aryl methyl sites for hydroxylation is 1. The van der Waals surface area contributed by atoms with Crippen LogP contribution in [-0.2, 0) is 6.42 Å². The number of benzene rings is 1. The van der Waals surface area contributed by atoms with Crippen LogP contribution < -0.4 is 4.73 Å². The normalized spacial score (nSPS) is 18.4. The van der Waals surface area contributed by atoms with Gasteiger partial charge in [-0.1, -0.05) is 24.3 Å². The molecule has 0 saturated carbocycles. The Balaban J connectivity index is 1.88. The molecule has 2 aromatic rings. The second-order valence-corrected chi connectivity index (χ2v) is 6.11. The lowest BCUT2D eigenvalue weighted by atomic mass is 10.0. The molecule has 0 fully saturated rings. The van der Waals surface area contributed by atoms with Crippen molar-refractivity contribution in [2.75, 3.05) is 0 Å². The van der Waals surface area contributed by atoms with Crippen molar-refractivity contribution in [2.24, 2.45) is 0 Å². The minimum atomic E-state index is -0.166. The van der Waals surface area contributed by atoms with Gasteiger partial charge in [-0.05, 0) is 42.7 Å². The Morgan fingerprint density at radius 3 is 2.80 bits per heavy atom. The second kappa shape index (κ2) is 5.67.